The van der Waals surface area contributed by atoms with Crippen molar-refractivity contribution in [2.45, 2.75) is 11.8 Å². The summed E-state index contributed by atoms with van der Waals surface area (Å²) in [6, 6.07) is 14.8. The number of rotatable bonds is 5. The molecule has 0 fully saturated rings. The van der Waals surface area contributed by atoms with Crippen LogP contribution in [0.25, 0.3) is 0 Å². The second-order valence-corrected chi connectivity index (χ2v) is 6.44. The minimum atomic E-state index is -3.83. The van der Waals surface area contributed by atoms with Gasteiger partial charge in [-0.25, -0.2) is 4.79 Å². The van der Waals surface area contributed by atoms with Crippen LogP contribution in [0.1, 0.15) is 15.9 Å². The molecule has 0 amide bonds. The fraction of sp³-hybridized carbons (Fsp3) is 0.167. The summed E-state index contributed by atoms with van der Waals surface area (Å²) < 4.78 is 33.5. The summed E-state index contributed by atoms with van der Waals surface area (Å²) in [7, 11) is -3.83. The van der Waals surface area contributed by atoms with E-state index in [1.165, 1.54) is 12.1 Å². The van der Waals surface area contributed by atoms with Crippen LogP contribution in [0.15, 0.2) is 59.5 Å². The Morgan fingerprint density at radius 3 is 2.25 bits per heavy atom. The zero-order valence-electron chi connectivity index (χ0n) is 13.1. The summed E-state index contributed by atoms with van der Waals surface area (Å²) >= 11 is 0. The van der Waals surface area contributed by atoms with E-state index in [2.05, 4.69) is 11.8 Å². The molecule has 0 aliphatic carbocycles. The highest BCUT2D eigenvalue weighted by Gasteiger charge is 2.13. The van der Waals surface area contributed by atoms with Crippen LogP contribution in [-0.2, 0) is 19.0 Å². The maximum absolute atomic E-state index is 11.9. The molecular formula is C18H16O5S. The molecule has 0 spiro atoms. The molecule has 0 saturated carbocycles. The number of benzene rings is 2. The zero-order valence-corrected chi connectivity index (χ0v) is 13.9. The summed E-state index contributed by atoms with van der Waals surface area (Å²) in [5, 5.41) is 0. The predicted molar refractivity (Wildman–Crippen MR) is 88.8 cm³/mol. The molecule has 24 heavy (non-hydrogen) atoms. The van der Waals surface area contributed by atoms with Crippen LogP contribution >= 0.6 is 0 Å². The van der Waals surface area contributed by atoms with E-state index in [0.717, 1.165) is 5.56 Å². The second-order valence-electron chi connectivity index (χ2n) is 4.83. The highest BCUT2D eigenvalue weighted by Crippen LogP contribution is 2.12. The fourth-order valence-electron chi connectivity index (χ4n) is 1.74. The molecule has 2 rings (SSSR count). The molecule has 2 aromatic carbocycles. The molecule has 0 atom stereocenters. The van der Waals surface area contributed by atoms with E-state index in [9.17, 15) is 13.2 Å². The number of hydrogen-bond acceptors (Lipinski definition) is 5. The van der Waals surface area contributed by atoms with Crippen molar-refractivity contribution in [2.24, 2.45) is 0 Å². The Bertz CT molecular complexity index is 844. The first kappa shape index (κ1) is 17.7. The lowest BCUT2D eigenvalue weighted by molar-refractivity contribution is 0.0556. The molecule has 0 aliphatic heterocycles. The van der Waals surface area contributed by atoms with Crippen molar-refractivity contribution in [3.63, 3.8) is 0 Å². The normalized spacial score (nSPS) is 10.5. The summed E-state index contributed by atoms with van der Waals surface area (Å²) in [5.41, 5.74) is 1.38. The van der Waals surface area contributed by atoms with Crippen molar-refractivity contribution in [3.05, 3.63) is 65.7 Å². The van der Waals surface area contributed by atoms with Gasteiger partial charge in [0.15, 0.2) is 6.61 Å². The Labute approximate surface area is 141 Å². The number of aryl methyl sites for hydroxylation is 1. The lowest BCUT2D eigenvalue weighted by Gasteiger charge is -2.03. The van der Waals surface area contributed by atoms with Gasteiger partial charge in [0.05, 0.1) is 10.5 Å². The highest BCUT2D eigenvalue weighted by atomic mass is 32.2. The van der Waals surface area contributed by atoms with Crippen molar-refractivity contribution in [3.8, 4) is 11.8 Å². The summed E-state index contributed by atoms with van der Waals surface area (Å²) in [4.78, 5) is 11.7. The van der Waals surface area contributed by atoms with Crippen LogP contribution in [0.4, 0.5) is 0 Å². The van der Waals surface area contributed by atoms with E-state index in [-0.39, 0.29) is 18.1 Å². The summed E-state index contributed by atoms with van der Waals surface area (Å²) in [6.07, 6.45) is 0. The molecular weight excluding hydrogens is 328 g/mol. The lowest BCUT2D eigenvalue weighted by atomic mass is 10.2. The molecule has 6 heteroatoms. The topological polar surface area (TPSA) is 69.7 Å². The number of ether oxygens (including phenoxy) is 1. The Kier molecular flexibility index (Phi) is 6.13. The van der Waals surface area contributed by atoms with Gasteiger partial charge in [0, 0.05) is 0 Å². The second kappa shape index (κ2) is 8.29. The summed E-state index contributed by atoms with van der Waals surface area (Å²) in [6.45, 7) is 1.42. The van der Waals surface area contributed by atoms with Crippen LogP contribution in [0, 0.1) is 18.8 Å². The zero-order chi connectivity index (χ0) is 17.4. The third kappa shape index (κ3) is 5.23. The van der Waals surface area contributed by atoms with Crippen LogP contribution in [0.3, 0.4) is 0 Å². The number of carbonyl (C=O) groups excluding carboxylic acids is 1. The van der Waals surface area contributed by atoms with E-state index in [4.69, 9.17) is 8.92 Å². The van der Waals surface area contributed by atoms with Gasteiger partial charge >= 0.3 is 5.97 Å². The van der Waals surface area contributed by atoms with Gasteiger partial charge in [-0.3, -0.25) is 4.18 Å². The Hall–Kier alpha value is -2.62. The Morgan fingerprint density at radius 2 is 1.58 bits per heavy atom. The number of esters is 1. The highest BCUT2D eigenvalue weighted by molar-refractivity contribution is 7.86. The van der Waals surface area contributed by atoms with Crippen LogP contribution < -0.4 is 0 Å². The van der Waals surface area contributed by atoms with Crippen LogP contribution in [-0.4, -0.2) is 27.6 Å². The first-order chi connectivity index (χ1) is 11.5. The Balaban J connectivity index is 1.79. The van der Waals surface area contributed by atoms with E-state index < -0.39 is 16.1 Å². The average molecular weight is 344 g/mol. The van der Waals surface area contributed by atoms with E-state index in [0.29, 0.717) is 5.56 Å². The van der Waals surface area contributed by atoms with Crippen molar-refractivity contribution in [1.82, 2.24) is 0 Å². The van der Waals surface area contributed by atoms with Crippen molar-refractivity contribution in [2.75, 3.05) is 13.2 Å². The van der Waals surface area contributed by atoms with Gasteiger partial charge in [-0.05, 0) is 31.2 Å². The lowest BCUT2D eigenvalue weighted by Crippen LogP contribution is -2.07. The first-order valence-electron chi connectivity index (χ1n) is 7.13. The monoisotopic (exact) mass is 344 g/mol. The quantitative estimate of drug-likeness (QED) is 0.474. The van der Waals surface area contributed by atoms with Gasteiger partial charge < -0.3 is 4.74 Å². The van der Waals surface area contributed by atoms with Gasteiger partial charge in [0.2, 0.25) is 0 Å². The van der Waals surface area contributed by atoms with Gasteiger partial charge in [0.1, 0.15) is 6.61 Å². The largest absolute Gasteiger partial charge is 0.449 e. The first-order valence-corrected chi connectivity index (χ1v) is 8.54. The van der Waals surface area contributed by atoms with E-state index in [1.54, 1.807) is 42.5 Å². The third-order valence-electron chi connectivity index (χ3n) is 3.01. The van der Waals surface area contributed by atoms with Crippen molar-refractivity contribution >= 4 is 16.1 Å². The maximum atomic E-state index is 11.9. The van der Waals surface area contributed by atoms with Crippen molar-refractivity contribution in [1.29, 1.82) is 0 Å². The van der Waals surface area contributed by atoms with Gasteiger partial charge in [-0.15, -0.1) is 0 Å². The van der Waals surface area contributed by atoms with E-state index in [1.807, 2.05) is 6.92 Å². The third-order valence-corrected chi connectivity index (χ3v) is 4.28. The minimum absolute atomic E-state index is 0.0744. The smallest absolute Gasteiger partial charge is 0.339 e. The molecule has 124 valence electrons. The standard InChI is InChI=1S/C18H16O5S/c1-15-9-11-17(12-10-15)24(20,21)23-14-6-5-13-22-18(19)16-7-3-2-4-8-16/h2-4,7-12H,13-14H2,1H3. The van der Waals surface area contributed by atoms with Gasteiger partial charge in [0.25, 0.3) is 10.1 Å². The van der Waals surface area contributed by atoms with Crippen molar-refractivity contribution < 1.29 is 22.1 Å². The number of hydrogen-bond donors (Lipinski definition) is 0. The minimum Gasteiger partial charge on any atom is -0.449 e. The molecule has 0 radical (unpaired) electrons. The molecule has 0 aromatic heterocycles. The fourth-order valence-corrected chi connectivity index (χ4v) is 2.56. The maximum Gasteiger partial charge on any atom is 0.339 e. The van der Waals surface area contributed by atoms with Gasteiger partial charge in [-0.1, -0.05) is 47.7 Å². The average Bonchev–Trinajstić information content (AvgIpc) is 2.59. The molecule has 0 saturated heterocycles. The molecule has 2 aromatic rings. The number of carbonyl (C=O) groups is 1. The van der Waals surface area contributed by atoms with E-state index >= 15 is 0 Å². The molecule has 0 bridgehead atoms. The van der Waals surface area contributed by atoms with Gasteiger partial charge in [-0.2, -0.15) is 8.42 Å². The molecule has 0 N–H and O–H groups in total. The predicted octanol–water partition coefficient (Wildman–Crippen LogP) is 2.56. The van der Waals surface area contributed by atoms with Crippen LogP contribution in [0.2, 0.25) is 0 Å². The Morgan fingerprint density at radius 1 is 0.958 bits per heavy atom. The summed E-state index contributed by atoms with van der Waals surface area (Å²) in [5.74, 6) is 4.55. The molecule has 0 unspecified atom stereocenters. The molecule has 5 nitrogen and oxygen atoms in total. The SMILES string of the molecule is Cc1ccc(S(=O)(=O)OCC#CCOC(=O)c2ccccc2)cc1. The van der Waals surface area contributed by atoms with Crippen LogP contribution in [0.5, 0.6) is 0 Å². The molecule has 0 heterocycles. The molecule has 0 aliphatic rings.